The molecule has 30 heavy (non-hydrogen) atoms. The molecule has 160 valence electrons. The number of halogens is 1. The molecule has 0 amide bonds. The van der Waals surface area contributed by atoms with Gasteiger partial charge in [-0.15, -0.1) is 0 Å². The average molecular weight is 427 g/mol. The fourth-order valence-electron chi connectivity index (χ4n) is 5.29. The maximum absolute atomic E-state index is 13.0. The molecule has 2 aromatic rings. The average Bonchev–Trinajstić information content (AvgIpc) is 3.05. The summed E-state index contributed by atoms with van der Waals surface area (Å²) < 4.78 is 4.05. The van der Waals surface area contributed by atoms with E-state index in [2.05, 4.69) is 34.7 Å². The van der Waals surface area contributed by atoms with Gasteiger partial charge in [0.25, 0.3) is 5.56 Å². The normalized spacial score (nSPS) is 20.2. The molecule has 1 aromatic carbocycles. The summed E-state index contributed by atoms with van der Waals surface area (Å²) >= 11 is 6.58. The van der Waals surface area contributed by atoms with E-state index in [-0.39, 0.29) is 11.6 Å². The van der Waals surface area contributed by atoms with E-state index >= 15 is 0 Å². The van der Waals surface area contributed by atoms with Crippen LogP contribution in [0.3, 0.4) is 0 Å². The summed E-state index contributed by atoms with van der Waals surface area (Å²) in [6, 6.07) is 13.0. The van der Waals surface area contributed by atoms with Crippen molar-refractivity contribution in [3.05, 3.63) is 57.0 Å². The Balaban J connectivity index is 1.53. The molecule has 0 radical (unpaired) electrons. The zero-order valence-electron chi connectivity index (χ0n) is 17.8. The predicted molar refractivity (Wildman–Crippen MR) is 120 cm³/mol. The van der Waals surface area contributed by atoms with Crippen LogP contribution < -0.4 is 5.56 Å². The van der Waals surface area contributed by atoms with E-state index < -0.39 is 5.41 Å². The lowest BCUT2D eigenvalue weighted by molar-refractivity contribution is 0.172. The molecule has 0 bridgehead atoms. The van der Waals surface area contributed by atoms with Gasteiger partial charge in [0.2, 0.25) is 0 Å². The minimum atomic E-state index is -0.417. The van der Waals surface area contributed by atoms with E-state index in [1.165, 1.54) is 19.3 Å². The van der Waals surface area contributed by atoms with Crippen molar-refractivity contribution < 1.29 is 0 Å². The zero-order valence-corrected chi connectivity index (χ0v) is 18.6. The van der Waals surface area contributed by atoms with E-state index in [0.29, 0.717) is 11.6 Å². The first-order valence-electron chi connectivity index (χ1n) is 11.3. The first-order valence-corrected chi connectivity index (χ1v) is 11.7. The van der Waals surface area contributed by atoms with Crippen molar-refractivity contribution in [1.29, 1.82) is 5.26 Å². The second-order valence-electron chi connectivity index (χ2n) is 8.75. The van der Waals surface area contributed by atoms with Gasteiger partial charge in [-0.1, -0.05) is 61.2 Å². The number of benzene rings is 1. The fourth-order valence-corrected chi connectivity index (χ4v) is 5.53. The van der Waals surface area contributed by atoms with Crippen LogP contribution in [0.15, 0.2) is 35.1 Å². The second kappa shape index (κ2) is 8.99. The largest absolute Gasteiger partial charge is 0.297 e. The van der Waals surface area contributed by atoms with Crippen LogP contribution in [0, 0.1) is 11.3 Å². The van der Waals surface area contributed by atoms with Crippen molar-refractivity contribution in [3.63, 3.8) is 0 Å². The molecule has 0 spiro atoms. The lowest BCUT2D eigenvalue weighted by Crippen LogP contribution is -2.42. The van der Waals surface area contributed by atoms with Gasteiger partial charge in [0.1, 0.15) is 5.02 Å². The predicted octanol–water partition coefficient (Wildman–Crippen LogP) is 4.89. The van der Waals surface area contributed by atoms with Gasteiger partial charge >= 0.3 is 0 Å². The molecule has 0 atom stereocenters. The summed E-state index contributed by atoms with van der Waals surface area (Å²) in [4.78, 5) is 15.3. The first-order chi connectivity index (χ1) is 14.6. The van der Waals surface area contributed by atoms with Gasteiger partial charge < -0.3 is 0 Å². The van der Waals surface area contributed by atoms with Gasteiger partial charge in [-0.3, -0.25) is 14.4 Å². The van der Waals surface area contributed by atoms with E-state index in [1.54, 1.807) is 0 Å². The highest BCUT2D eigenvalue weighted by atomic mass is 35.5. The maximum atomic E-state index is 13.0. The number of hydrogen-bond donors (Lipinski definition) is 0. The van der Waals surface area contributed by atoms with Crippen molar-refractivity contribution >= 4 is 11.6 Å². The molecule has 1 aliphatic carbocycles. The molecule has 1 aromatic heterocycles. The van der Waals surface area contributed by atoms with E-state index in [4.69, 9.17) is 11.6 Å². The molecular weight excluding hydrogens is 396 g/mol. The van der Waals surface area contributed by atoms with Gasteiger partial charge in [0.15, 0.2) is 0 Å². The second-order valence-corrected chi connectivity index (χ2v) is 9.13. The minimum Gasteiger partial charge on any atom is -0.297 e. The SMILES string of the molecule is CCn1c(CN2CCC(C#N)(c3ccccc3)CC2)c(Cl)c(=O)n1C1CCCCC1. The molecule has 1 saturated heterocycles. The van der Waals surface area contributed by atoms with E-state index in [0.717, 1.165) is 56.6 Å². The monoisotopic (exact) mass is 426 g/mol. The Labute approximate surface area is 183 Å². The Morgan fingerprint density at radius 3 is 2.40 bits per heavy atom. The summed E-state index contributed by atoms with van der Waals surface area (Å²) in [5.74, 6) is 0. The molecule has 4 rings (SSSR count). The van der Waals surface area contributed by atoms with Crippen molar-refractivity contribution in [2.45, 2.75) is 76.4 Å². The summed E-state index contributed by atoms with van der Waals surface area (Å²) in [6.45, 7) is 5.15. The minimum absolute atomic E-state index is 0.0342. The number of rotatable bonds is 5. The van der Waals surface area contributed by atoms with Gasteiger partial charge in [0, 0.05) is 26.2 Å². The van der Waals surface area contributed by atoms with Crippen LogP contribution in [0.5, 0.6) is 0 Å². The number of aromatic nitrogens is 2. The molecule has 0 N–H and O–H groups in total. The lowest BCUT2D eigenvalue weighted by Gasteiger charge is -2.37. The summed E-state index contributed by atoms with van der Waals surface area (Å²) in [5.41, 5.74) is 1.59. The standard InChI is InChI=1S/C24H31ClN4O/c1-2-28-21(22(25)23(30)29(28)20-11-7-4-8-12-20)17-27-15-13-24(18-26,14-16-27)19-9-5-3-6-10-19/h3,5-6,9-10,20H,2,4,7-8,11-17H2,1H3. The molecule has 5 nitrogen and oxygen atoms in total. The van der Waals surface area contributed by atoms with E-state index in [1.807, 2.05) is 22.9 Å². The fraction of sp³-hybridized carbons (Fsp3) is 0.583. The highest BCUT2D eigenvalue weighted by Crippen LogP contribution is 2.36. The third-order valence-electron chi connectivity index (χ3n) is 7.06. The first kappa shape index (κ1) is 21.2. The summed E-state index contributed by atoms with van der Waals surface area (Å²) in [5, 5.41) is 10.3. The van der Waals surface area contributed by atoms with Crippen LogP contribution in [-0.2, 0) is 18.5 Å². The van der Waals surface area contributed by atoms with Crippen LogP contribution >= 0.6 is 11.6 Å². The smallest absolute Gasteiger partial charge is 0.286 e. The Hall–Kier alpha value is -2.03. The number of hydrogen-bond acceptors (Lipinski definition) is 3. The third kappa shape index (κ3) is 3.84. The van der Waals surface area contributed by atoms with Crippen molar-refractivity contribution in [2.75, 3.05) is 13.1 Å². The molecular formula is C24H31ClN4O. The number of piperidine rings is 1. The summed E-state index contributed by atoms with van der Waals surface area (Å²) in [6.07, 6.45) is 7.34. The maximum Gasteiger partial charge on any atom is 0.286 e. The molecule has 1 saturated carbocycles. The van der Waals surface area contributed by atoms with Crippen molar-refractivity contribution in [3.8, 4) is 6.07 Å². The highest BCUT2D eigenvalue weighted by Gasteiger charge is 2.37. The molecule has 0 unspecified atom stereocenters. The topological polar surface area (TPSA) is 54.0 Å². The van der Waals surface area contributed by atoms with Gasteiger partial charge in [-0.2, -0.15) is 5.26 Å². The van der Waals surface area contributed by atoms with Crippen molar-refractivity contribution in [2.24, 2.45) is 0 Å². The highest BCUT2D eigenvalue weighted by molar-refractivity contribution is 6.31. The van der Waals surface area contributed by atoms with Gasteiger partial charge in [-0.05, 0) is 38.2 Å². The molecule has 1 aliphatic heterocycles. The number of nitriles is 1. The van der Waals surface area contributed by atoms with Crippen molar-refractivity contribution in [1.82, 2.24) is 14.3 Å². The van der Waals surface area contributed by atoms with Gasteiger partial charge in [-0.25, -0.2) is 4.68 Å². The zero-order chi connectivity index (χ0) is 21.1. The summed E-state index contributed by atoms with van der Waals surface area (Å²) in [7, 11) is 0. The molecule has 6 heteroatoms. The van der Waals surface area contributed by atoms with Crippen LogP contribution in [0.25, 0.3) is 0 Å². The quantitative estimate of drug-likeness (QED) is 0.684. The van der Waals surface area contributed by atoms with Crippen LogP contribution in [0.4, 0.5) is 0 Å². The number of nitrogens with zero attached hydrogens (tertiary/aromatic N) is 4. The van der Waals surface area contributed by atoms with Crippen LogP contribution in [-0.4, -0.2) is 27.4 Å². The molecule has 2 heterocycles. The van der Waals surface area contributed by atoms with E-state index in [9.17, 15) is 10.1 Å². The molecule has 2 fully saturated rings. The Kier molecular flexibility index (Phi) is 6.36. The third-order valence-corrected chi connectivity index (χ3v) is 7.44. The molecule has 2 aliphatic rings. The Morgan fingerprint density at radius 2 is 1.80 bits per heavy atom. The van der Waals surface area contributed by atoms with Gasteiger partial charge in [0.05, 0.1) is 23.2 Å². The lowest BCUT2D eigenvalue weighted by atomic mass is 9.74. The Morgan fingerprint density at radius 1 is 1.13 bits per heavy atom. The van der Waals surface area contributed by atoms with Crippen LogP contribution in [0.1, 0.15) is 69.2 Å². The van der Waals surface area contributed by atoms with Crippen LogP contribution in [0.2, 0.25) is 5.02 Å². The Bertz CT molecular complexity index is 958. The number of likely N-dealkylation sites (tertiary alicyclic amines) is 1.